The number of pyridine rings is 1. The number of aryl methyl sites for hydroxylation is 3. The Labute approximate surface area is 153 Å². The summed E-state index contributed by atoms with van der Waals surface area (Å²) in [5, 5.41) is 7.88. The lowest BCUT2D eigenvalue weighted by Crippen LogP contribution is -2.12. The summed E-state index contributed by atoms with van der Waals surface area (Å²) < 4.78 is 4.00. The number of imidazole rings is 1. The van der Waals surface area contributed by atoms with Gasteiger partial charge in [-0.3, -0.25) is 4.68 Å². The van der Waals surface area contributed by atoms with Gasteiger partial charge in [0.25, 0.3) is 0 Å². The summed E-state index contributed by atoms with van der Waals surface area (Å²) in [6, 6.07) is 12.8. The predicted octanol–water partition coefficient (Wildman–Crippen LogP) is 4.52. The number of anilines is 1. The van der Waals surface area contributed by atoms with E-state index in [9.17, 15) is 0 Å². The van der Waals surface area contributed by atoms with E-state index in [1.165, 1.54) is 16.8 Å². The highest BCUT2D eigenvalue weighted by Gasteiger charge is 2.13. The van der Waals surface area contributed by atoms with Crippen molar-refractivity contribution in [2.45, 2.75) is 26.8 Å². The molecule has 0 spiro atoms. The fourth-order valence-corrected chi connectivity index (χ4v) is 3.53. The highest BCUT2D eigenvalue weighted by Crippen LogP contribution is 2.25. The van der Waals surface area contributed by atoms with Crippen molar-refractivity contribution in [1.29, 1.82) is 0 Å². The standard InChI is InChI=1S/C21H23N5/c1-14-6-5-11-26-13-19(24-21(14)26)17-7-9-18(10-8-17)23-16(3)20-15(2)12-22-25(20)4/h5-13,16,23H,1-4H3. The Balaban J connectivity index is 1.57. The number of fused-ring (bicyclic) bond motifs is 1. The maximum absolute atomic E-state index is 4.77. The molecule has 5 nitrogen and oxygen atoms in total. The Bertz CT molecular complexity index is 1040. The number of nitrogens with zero attached hydrogens (tertiary/aromatic N) is 4. The molecule has 1 atom stereocenters. The van der Waals surface area contributed by atoms with Gasteiger partial charge in [-0.05, 0) is 50.1 Å². The molecule has 3 aromatic heterocycles. The molecule has 0 saturated carbocycles. The molecule has 0 bridgehead atoms. The molecule has 4 aromatic rings. The third kappa shape index (κ3) is 2.86. The SMILES string of the molecule is Cc1cnn(C)c1C(C)Nc1ccc(-c2cn3cccc(C)c3n2)cc1. The second kappa shape index (κ2) is 6.33. The first-order chi connectivity index (χ1) is 12.5. The van der Waals surface area contributed by atoms with Crippen molar-refractivity contribution in [2.24, 2.45) is 7.05 Å². The molecule has 0 aliphatic rings. The van der Waals surface area contributed by atoms with E-state index in [1.807, 2.05) is 30.2 Å². The first-order valence-electron chi connectivity index (χ1n) is 8.82. The normalized spacial score (nSPS) is 12.5. The van der Waals surface area contributed by atoms with Crippen molar-refractivity contribution >= 4 is 11.3 Å². The third-order valence-electron chi connectivity index (χ3n) is 4.83. The highest BCUT2D eigenvalue weighted by molar-refractivity contribution is 5.66. The topological polar surface area (TPSA) is 47.2 Å². The Morgan fingerprint density at radius 1 is 1.04 bits per heavy atom. The van der Waals surface area contributed by atoms with Crippen molar-refractivity contribution in [2.75, 3.05) is 5.32 Å². The number of rotatable bonds is 4. The molecular weight excluding hydrogens is 322 g/mol. The van der Waals surface area contributed by atoms with Crippen LogP contribution in [-0.4, -0.2) is 19.2 Å². The van der Waals surface area contributed by atoms with Gasteiger partial charge in [0.1, 0.15) is 5.65 Å². The minimum Gasteiger partial charge on any atom is -0.377 e. The van der Waals surface area contributed by atoms with Crippen LogP contribution in [0.2, 0.25) is 0 Å². The van der Waals surface area contributed by atoms with E-state index < -0.39 is 0 Å². The van der Waals surface area contributed by atoms with Crippen LogP contribution in [-0.2, 0) is 7.05 Å². The quantitative estimate of drug-likeness (QED) is 0.591. The van der Waals surface area contributed by atoms with Crippen LogP contribution in [0.15, 0.2) is 55.0 Å². The van der Waals surface area contributed by atoms with E-state index in [-0.39, 0.29) is 6.04 Å². The summed E-state index contributed by atoms with van der Waals surface area (Å²) in [5.74, 6) is 0. The van der Waals surface area contributed by atoms with Gasteiger partial charge in [-0.1, -0.05) is 18.2 Å². The molecule has 0 fully saturated rings. The zero-order valence-corrected chi connectivity index (χ0v) is 15.6. The van der Waals surface area contributed by atoms with Crippen LogP contribution < -0.4 is 5.32 Å². The third-order valence-corrected chi connectivity index (χ3v) is 4.83. The van der Waals surface area contributed by atoms with Crippen LogP contribution in [0.3, 0.4) is 0 Å². The van der Waals surface area contributed by atoms with Gasteiger partial charge in [-0.2, -0.15) is 5.10 Å². The first-order valence-corrected chi connectivity index (χ1v) is 8.82. The van der Waals surface area contributed by atoms with E-state index in [0.29, 0.717) is 0 Å². The van der Waals surface area contributed by atoms with Crippen LogP contribution in [0.5, 0.6) is 0 Å². The van der Waals surface area contributed by atoms with Gasteiger partial charge >= 0.3 is 0 Å². The van der Waals surface area contributed by atoms with Crippen molar-refractivity contribution < 1.29 is 0 Å². The first kappa shape index (κ1) is 16.4. The molecule has 132 valence electrons. The summed E-state index contributed by atoms with van der Waals surface area (Å²) in [5.41, 5.74) is 7.77. The minimum absolute atomic E-state index is 0.186. The van der Waals surface area contributed by atoms with Gasteiger partial charge in [-0.15, -0.1) is 0 Å². The number of aromatic nitrogens is 4. The van der Waals surface area contributed by atoms with Crippen LogP contribution in [0.4, 0.5) is 5.69 Å². The predicted molar refractivity (Wildman–Crippen MR) is 105 cm³/mol. The summed E-state index contributed by atoms with van der Waals surface area (Å²) in [6.07, 6.45) is 6.01. The summed E-state index contributed by atoms with van der Waals surface area (Å²) in [4.78, 5) is 4.77. The average Bonchev–Trinajstić information content (AvgIpc) is 3.20. The lowest BCUT2D eigenvalue weighted by atomic mass is 10.1. The maximum atomic E-state index is 4.77. The van der Waals surface area contributed by atoms with E-state index in [0.717, 1.165) is 22.6 Å². The second-order valence-electron chi connectivity index (χ2n) is 6.83. The van der Waals surface area contributed by atoms with E-state index in [4.69, 9.17) is 4.98 Å². The average molecular weight is 345 g/mol. The maximum Gasteiger partial charge on any atom is 0.140 e. The molecule has 1 unspecified atom stereocenters. The molecule has 0 aliphatic heterocycles. The van der Waals surface area contributed by atoms with Crippen molar-refractivity contribution in [3.8, 4) is 11.3 Å². The highest BCUT2D eigenvalue weighted by atomic mass is 15.3. The molecule has 1 aromatic carbocycles. The van der Waals surface area contributed by atoms with Crippen molar-refractivity contribution in [1.82, 2.24) is 19.2 Å². The Morgan fingerprint density at radius 2 is 1.81 bits per heavy atom. The molecule has 3 heterocycles. The second-order valence-corrected chi connectivity index (χ2v) is 6.83. The van der Waals surface area contributed by atoms with Gasteiger partial charge in [0.2, 0.25) is 0 Å². The van der Waals surface area contributed by atoms with Crippen LogP contribution in [0.1, 0.15) is 29.8 Å². The molecular formula is C21H23N5. The Hall–Kier alpha value is -3.08. The van der Waals surface area contributed by atoms with Crippen LogP contribution in [0.25, 0.3) is 16.9 Å². The molecule has 26 heavy (non-hydrogen) atoms. The van der Waals surface area contributed by atoms with E-state index >= 15 is 0 Å². The van der Waals surface area contributed by atoms with Gasteiger partial charge in [0, 0.05) is 30.7 Å². The number of nitrogens with one attached hydrogen (secondary N) is 1. The van der Waals surface area contributed by atoms with Gasteiger partial charge in [-0.25, -0.2) is 4.98 Å². The van der Waals surface area contributed by atoms with Crippen molar-refractivity contribution in [3.05, 3.63) is 71.8 Å². The van der Waals surface area contributed by atoms with Gasteiger partial charge in [0.15, 0.2) is 0 Å². The van der Waals surface area contributed by atoms with Crippen LogP contribution in [0, 0.1) is 13.8 Å². The molecule has 4 rings (SSSR count). The van der Waals surface area contributed by atoms with E-state index in [2.05, 4.69) is 72.1 Å². The zero-order chi connectivity index (χ0) is 18.3. The smallest absolute Gasteiger partial charge is 0.140 e. The summed E-state index contributed by atoms with van der Waals surface area (Å²) >= 11 is 0. The summed E-state index contributed by atoms with van der Waals surface area (Å²) in [7, 11) is 1.98. The monoisotopic (exact) mass is 345 g/mol. The molecule has 1 N–H and O–H groups in total. The fraction of sp³-hybridized carbons (Fsp3) is 0.238. The minimum atomic E-state index is 0.186. The van der Waals surface area contributed by atoms with E-state index in [1.54, 1.807) is 0 Å². The number of hydrogen-bond acceptors (Lipinski definition) is 3. The van der Waals surface area contributed by atoms with Gasteiger partial charge in [0.05, 0.1) is 23.6 Å². The molecule has 0 radical (unpaired) electrons. The Morgan fingerprint density at radius 3 is 2.46 bits per heavy atom. The zero-order valence-electron chi connectivity index (χ0n) is 15.6. The number of hydrogen-bond donors (Lipinski definition) is 1. The molecule has 0 aliphatic carbocycles. The lowest BCUT2D eigenvalue weighted by molar-refractivity contribution is 0.673. The largest absolute Gasteiger partial charge is 0.377 e. The Kier molecular flexibility index (Phi) is 3.99. The molecule has 5 heteroatoms. The summed E-state index contributed by atoms with van der Waals surface area (Å²) in [6.45, 7) is 6.33. The van der Waals surface area contributed by atoms with Gasteiger partial charge < -0.3 is 9.72 Å². The lowest BCUT2D eigenvalue weighted by Gasteiger charge is -2.17. The van der Waals surface area contributed by atoms with Crippen molar-refractivity contribution in [3.63, 3.8) is 0 Å². The fourth-order valence-electron chi connectivity index (χ4n) is 3.53. The molecule has 0 saturated heterocycles. The van der Waals surface area contributed by atoms with Crippen LogP contribution >= 0.6 is 0 Å². The molecule has 0 amide bonds. The number of benzene rings is 1.